The minimum atomic E-state index is -0.238. The van der Waals surface area contributed by atoms with Crippen LogP contribution in [0, 0.1) is 17.3 Å². The van der Waals surface area contributed by atoms with E-state index in [1.54, 1.807) is 6.33 Å². The summed E-state index contributed by atoms with van der Waals surface area (Å²) in [4.78, 5) is 22.7. The van der Waals surface area contributed by atoms with E-state index >= 15 is 0 Å². The van der Waals surface area contributed by atoms with Gasteiger partial charge in [-0.2, -0.15) is 0 Å². The normalized spacial score (nSPS) is 34.2. The summed E-state index contributed by atoms with van der Waals surface area (Å²) in [5, 5.41) is 5.57. The van der Waals surface area contributed by atoms with Gasteiger partial charge in [-0.05, 0) is 79.7 Å². The van der Waals surface area contributed by atoms with Gasteiger partial charge in [-0.25, -0.2) is 9.67 Å². The number of hydrogen-bond acceptors (Lipinski definition) is 4. The molecule has 4 bridgehead atoms. The van der Waals surface area contributed by atoms with E-state index in [2.05, 4.69) is 25.9 Å². The van der Waals surface area contributed by atoms with Gasteiger partial charge in [-0.15, -0.1) is 5.10 Å². The second kappa shape index (κ2) is 7.71. The molecule has 2 aromatic rings. The van der Waals surface area contributed by atoms with E-state index in [1.807, 2.05) is 22.9 Å². The van der Waals surface area contributed by atoms with E-state index in [1.165, 1.54) is 12.0 Å². The van der Waals surface area contributed by atoms with Crippen LogP contribution in [-0.2, 0) is 16.9 Å². The van der Waals surface area contributed by atoms with Gasteiger partial charge in [0.25, 0.3) is 0 Å². The Morgan fingerprint density at radius 3 is 2.47 bits per heavy atom. The first kappa shape index (κ1) is 20.9. The largest absolute Gasteiger partial charge is 0.340 e. The van der Waals surface area contributed by atoms with Gasteiger partial charge < -0.3 is 4.90 Å². The molecular formula is C24H29Cl2N5O. The molecule has 2 heterocycles. The molecule has 2 atom stereocenters. The maximum Gasteiger partial charge on any atom is 0.242 e. The van der Waals surface area contributed by atoms with Gasteiger partial charge in [0.15, 0.2) is 0 Å². The first-order valence-electron chi connectivity index (χ1n) is 11.8. The molecule has 1 aromatic carbocycles. The number of carbonyl (C=O) groups is 1. The molecule has 1 saturated heterocycles. The van der Waals surface area contributed by atoms with Crippen molar-refractivity contribution in [3.8, 4) is 0 Å². The van der Waals surface area contributed by atoms with Crippen molar-refractivity contribution in [2.75, 3.05) is 26.2 Å². The van der Waals surface area contributed by atoms with E-state index in [-0.39, 0.29) is 11.0 Å². The Balaban J connectivity index is 1.17. The van der Waals surface area contributed by atoms with Crippen LogP contribution in [0.15, 0.2) is 30.6 Å². The highest BCUT2D eigenvalue weighted by Gasteiger charge is 2.62. The van der Waals surface area contributed by atoms with Crippen molar-refractivity contribution in [2.24, 2.45) is 17.3 Å². The Kier molecular flexibility index (Phi) is 5.05. The van der Waals surface area contributed by atoms with Gasteiger partial charge in [0.05, 0.1) is 11.0 Å². The van der Waals surface area contributed by atoms with Gasteiger partial charge in [0.1, 0.15) is 6.33 Å². The topological polar surface area (TPSA) is 54.3 Å². The van der Waals surface area contributed by atoms with E-state index in [9.17, 15) is 4.79 Å². The molecule has 4 saturated carbocycles. The molecule has 32 heavy (non-hydrogen) atoms. The molecule has 8 heteroatoms. The van der Waals surface area contributed by atoms with Crippen LogP contribution in [0.4, 0.5) is 0 Å². The van der Waals surface area contributed by atoms with E-state index in [0.29, 0.717) is 23.0 Å². The average molecular weight is 474 g/mol. The zero-order valence-corrected chi connectivity index (χ0v) is 19.7. The Bertz CT molecular complexity index is 1020. The summed E-state index contributed by atoms with van der Waals surface area (Å²) in [6.07, 6.45) is 8.20. The standard InChI is InChI=1S/C24H29Cl2N5O/c25-20-3-1-2-17(9-20)14-29-4-6-30(7-5-29)21(32)23-10-18-8-19(11-23)13-24(12-18,15-23)31-16-27-22(26)28-31/h1-3,9,16,18-19H,4-8,10-15H2. The molecule has 170 valence electrons. The highest BCUT2D eigenvalue weighted by molar-refractivity contribution is 6.30. The summed E-state index contributed by atoms with van der Waals surface area (Å²) < 4.78 is 2.00. The summed E-state index contributed by atoms with van der Waals surface area (Å²) >= 11 is 12.2. The van der Waals surface area contributed by atoms with Gasteiger partial charge in [0.2, 0.25) is 11.2 Å². The fraction of sp³-hybridized carbons (Fsp3) is 0.625. The first-order chi connectivity index (χ1) is 15.4. The number of benzene rings is 1. The highest BCUT2D eigenvalue weighted by atomic mass is 35.5. The Hall–Kier alpha value is -1.63. The Labute approximate surface area is 198 Å². The fourth-order valence-corrected chi connectivity index (χ4v) is 7.88. The number of halogens is 2. The molecule has 7 rings (SSSR count). The number of rotatable bonds is 4. The third-order valence-electron chi connectivity index (χ3n) is 8.39. The van der Waals surface area contributed by atoms with Crippen LogP contribution in [-0.4, -0.2) is 56.7 Å². The molecule has 1 aliphatic heterocycles. The van der Waals surface area contributed by atoms with Crippen molar-refractivity contribution in [2.45, 2.75) is 50.6 Å². The maximum absolute atomic E-state index is 14.0. The van der Waals surface area contributed by atoms with Crippen LogP contribution in [0.2, 0.25) is 10.3 Å². The lowest BCUT2D eigenvalue weighted by molar-refractivity contribution is -0.168. The van der Waals surface area contributed by atoms with Gasteiger partial charge >= 0.3 is 0 Å². The summed E-state index contributed by atoms with van der Waals surface area (Å²) in [6, 6.07) is 8.06. The number of nitrogens with zero attached hydrogens (tertiary/aromatic N) is 5. The van der Waals surface area contributed by atoms with Crippen LogP contribution >= 0.6 is 23.2 Å². The minimum absolute atomic E-state index is 0.0890. The first-order valence-corrected chi connectivity index (χ1v) is 12.5. The second-order valence-electron chi connectivity index (χ2n) is 10.6. The number of amides is 1. The van der Waals surface area contributed by atoms with Crippen molar-refractivity contribution in [3.05, 3.63) is 46.5 Å². The lowest BCUT2D eigenvalue weighted by Crippen LogP contribution is -2.62. The lowest BCUT2D eigenvalue weighted by atomic mass is 9.46. The summed E-state index contributed by atoms with van der Waals surface area (Å²) in [5.74, 6) is 1.59. The third-order valence-corrected chi connectivity index (χ3v) is 8.80. The molecule has 1 amide bonds. The molecule has 5 fully saturated rings. The molecule has 6 nitrogen and oxygen atoms in total. The monoisotopic (exact) mass is 473 g/mol. The molecule has 0 spiro atoms. The summed E-state index contributed by atoms with van der Waals surface area (Å²) in [6.45, 7) is 4.31. The van der Waals surface area contributed by atoms with Crippen LogP contribution in [0.1, 0.15) is 44.1 Å². The van der Waals surface area contributed by atoms with Crippen molar-refractivity contribution in [1.29, 1.82) is 0 Å². The number of piperazine rings is 1. The quantitative estimate of drug-likeness (QED) is 0.666. The molecule has 0 radical (unpaired) electrons. The zero-order valence-electron chi connectivity index (χ0n) is 18.2. The highest BCUT2D eigenvalue weighted by Crippen LogP contribution is 2.64. The van der Waals surface area contributed by atoms with Crippen LogP contribution in [0.25, 0.3) is 0 Å². The number of aromatic nitrogens is 3. The van der Waals surface area contributed by atoms with Gasteiger partial charge in [-0.3, -0.25) is 9.69 Å². The van der Waals surface area contributed by atoms with Crippen LogP contribution < -0.4 is 0 Å². The van der Waals surface area contributed by atoms with Gasteiger partial charge in [-0.1, -0.05) is 23.7 Å². The average Bonchev–Trinajstić information content (AvgIpc) is 3.20. The van der Waals surface area contributed by atoms with Crippen LogP contribution in [0.5, 0.6) is 0 Å². The van der Waals surface area contributed by atoms with Crippen molar-refractivity contribution < 1.29 is 4.79 Å². The maximum atomic E-state index is 14.0. The van der Waals surface area contributed by atoms with Gasteiger partial charge in [0, 0.05) is 37.7 Å². The lowest BCUT2D eigenvalue weighted by Gasteiger charge is -2.61. The molecule has 4 aliphatic carbocycles. The predicted molar refractivity (Wildman–Crippen MR) is 123 cm³/mol. The molecule has 1 aromatic heterocycles. The zero-order chi connectivity index (χ0) is 21.9. The van der Waals surface area contributed by atoms with E-state index < -0.39 is 0 Å². The Morgan fingerprint density at radius 2 is 1.81 bits per heavy atom. The Morgan fingerprint density at radius 1 is 1.06 bits per heavy atom. The van der Waals surface area contributed by atoms with E-state index in [4.69, 9.17) is 23.2 Å². The fourth-order valence-electron chi connectivity index (χ4n) is 7.54. The molecular weight excluding hydrogens is 445 g/mol. The molecule has 0 N–H and O–H groups in total. The number of carbonyl (C=O) groups excluding carboxylic acids is 1. The predicted octanol–water partition coefficient (Wildman–Crippen LogP) is 4.22. The van der Waals surface area contributed by atoms with E-state index in [0.717, 1.165) is 69.9 Å². The SMILES string of the molecule is O=C(N1CCN(Cc2cccc(Cl)c2)CC1)C12CC3CC(C1)CC(n1cnc(Cl)n1)(C3)C2. The van der Waals surface area contributed by atoms with Crippen LogP contribution in [0.3, 0.4) is 0 Å². The van der Waals surface area contributed by atoms with Crippen molar-refractivity contribution >= 4 is 29.1 Å². The minimum Gasteiger partial charge on any atom is -0.340 e. The van der Waals surface area contributed by atoms with Crippen molar-refractivity contribution in [3.63, 3.8) is 0 Å². The molecule has 5 aliphatic rings. The molecule has 2 unspecified atom stereocenters. The summed E-state index contributed by atoms with van der Waals surface area (Å²) in [5.41, 5.74) is 0.901. The number of hydrogen-bond donors (Lipinski definition) is 0. The summed E-state index contributed by atoms with van der Waals surface area (Å²) in [7, 11) is 0. The second-order valence-corrected chi connectivity index (χ2v) is 11.4. The van der Waals surface area contributed by atoms with Crippen molar-refractivity contribution in [1.82, 2.24) is 24.6 Å². The smallest absolute Gasteiger partial charge is 0.242 e. The third kappa shape index (κ3) is 3.55.